The lowest BCUT2D eigenvalue weighted by Crippen LogP contribution is -2.44. The number of sulfonamides is 1. The van der Waals surface area contributed by atoms with Crippen molar-refractivity contribution in [3.05, 3.63) is 29.8 Å². The minimum absolute atomic E-state index is 0.0324. The van der Waals surface area contributed by atoms with Crippen LogP contribution in [0.5, 0.6) is 0 Å². The zero-order valence-electron chi connectivity index (χ0n) is 13.1. The third-order valence-corrected chi connectivity index (χ3v) is 6.19. The molecule has 0 aliphatic carbocycles. The maximum Gasteiger partial charge on any atom is 0.243 e. The first kappa shape index (κ1) is 16.5. The van der Waals surface area contributed by atoms with Gasteiger partial charge >= 0.3 is 0 Å². The zero-order chi connectivity index (χ0) is 15.6. The summed E-state index contributed by atoms with van der Waals surface area (Å²) in [5.41, 5.74) is 7.01. The second-order valence-electron chi connectivity index (χ2n) is 6.35. The van der Waals surface area contributed by atoms with Crippen molar-refractivity contribution in [3.63, 3.8) is 0 Å². The molecule has 1 aliphatic rings. The highest BCUT2D eigenvalue weighted by Gasteiger charge is 2.31. The Morgan fingerprint density at radius 2 is 2.00 bits per heavy atom. The average Bonchev–Trinajstić information content (AvgIpc) is 2.47. The summed E-state index contributed by atoms with van der Waals surface area (Å²) in [4.78, 5) is 0.402. The van der Waals surface area contributed by atoms with E-state index in [2.05, 4.69) is 13.8 Å². The number of hydrogen-bond donors (Lipinski definition) is 1. The molecule has 4 nitrogen and oxygen atoms in total. The second-order valence-corrected chi connectivity index (χ2v) is 8.29. The quantitative estimate of drug-likeness (QED) is 0.929. The van der Waals surface area contributed by atoms with Crippen molar-refractivity contribution in [2.75, 3.05) is 13.1 Å². The van der Waals surface area contributed by atoms with Gasteiger partial charge in [0.25, 0.3) is 0 Å². The normalized spacial score (nSPS) is 22.4. The van der Waals surface area contributed by atoms with Gasteiger partial charge in [-0.15, -0.1) is 0 Å². The lowest BCUT2D eigenvalue weighted by atomic mass is 9.93. The molecule has 1 aliphatic heterocycles. The molecule has 2 rings (SSSR count). The monoisotopic (exact) mass is 310 g/mol. The molecule has 0 bridgehead atoms. The van der Waals surface area contributed by atoms with Gasteiger partial charge in [-0.2, -0.15) is 4.31 Å². The Kier molecular flexibility index (Phi) is 5.07. The van der Waals surface area contributed by atoms with Crippen molar-refractivity contribution >= 4 is 10.0 Å². The van der Waals surface area contributed by atoms with E-state index in [1.54, 1.807) is 16.4 Å². The molecule has 2 unspecified atom stereocenters. The van der Waals surface area contributed by atoms with Crippen molar-refractivity contribution in [3.8, 4) is 0 Å². The first-order chi connectivity index (χ1) is 9.82. The van der Waals surface area contributed by atoms with Crippen LogP contribution in [-0.4, -0.2) is 31.9 Å². The molecule has 1 fully saturated rings. The Hall–Kier alpha value is -0.910. The van der Waals surface area contributed by atoms with Gasteiger partial charge in [0.1, 0.15) is 0 Å². The van der Waals surface area contributed by atoms with Gasteiger partial charge in [-0.05, 0) is 49.3 Å². The summed E-state index contributed by atoms with van der Waals surface area (Å²) in [5, 5.41) is 0. The average molecular weight is 310 g/mol. The highest BCUT2D eigenvalue weighted by molar-refractivity contribution is 7.89. The van der Waals surface area contributed by atoms with Gasteiger partial charge in [-0.1, -0.05) is 26.0 Å². The first-order valence-electron chi connectivity index (χ1n) is 7.68. The van der Waals surface area contributed by atoms with Gasteiger partial charge < -0.3 is 5.73 Å². The van der Waals surface area contributed by atoms with Crippen molar-refractivity contribution in [2.45, 2.75) is 50.5 Å². The maximum atomic E-state index is 12.8. The topological polar surface area (TPSA) is 63.4 Å². The first-order valence-corrected chi connectivity index (χ1v) is 9.12. The van der Waals surface area contributed by atoms with Crippen LogP contribution in [0.25, 0.3) is 0 Å². The number of hydrogen-bond acceptors (Lipinski definition) is 3. The fourth-order valence-electron chi connectivity index (χ4n) is 2.80. The molecule has 0 radical (unpaired) electrons. The largest absolute Gasteiger partial charge is 0.328 e. The minimum Gasteiger partial charge on any atom is -0.328 e. The summed E-state index contributed by atoms with van der Waals surface area (Å²) >= 11 is 0. The predicted octanol–water partition coefficient (Wildman–Crippen LogP) is 2.56. The molecule has 0 amide bonds. The highest BCUT2D eigenvalue weighted by Crippen LogP contribution is 2.26. The number of piperidine rings is 1. The van der Waals surface area contributed by atoms with E-state index in [0.717, 1.165) is 18.4 Å². The van der Waals surface area contributed by atoms with E-state index < -0.39 is 10.0 Å². The fourth-order valence-corrected chi connectivity index (χ4v) is 4.40. The smallest absolute Gasteiger partial charge is 0.243 e. The molecule has 21 heavy (non-hydrogen) atoms. The van der Waals surface area contributed by atoms with Crippen molar-refractivity contribution in [1.82, 2.24) is 4.31 Å². The van der Waals surface area contributed by atoms with Gasteiger partial charge in [0, 0.05) is 19.1 Å². The summed E-state index contributed by atoms with van der Waals surface area (Å²) < 4.78 is 27.2. The summed E-state index contributed by atoms with van der Waals surface area (Å²) in [6, 6.07) is 7.33. The molecule has 5 heteroatoms. The molecule has 0 spiro atoms. The molecule has 1 aromatic rings. The van der Waals surface area contributed by atoms with Crippen LogP contribution < -0.4 is 5.73 Å². The van der Waals surface area contributed by atoms with E-state index in [-0.39, 0.29) is 12.0 Å². The van der Waals surface area contributed by atoms with Crippen LogP contribution in [-0.2, 0) is 10.0 Å². The molecule has 2 atom stereocenters. The lowest BCUT2D eigenvalue weighted by molar-refractivity contribution is 0.243. The Bertz CT molecular complexity index is 582. The van der Waals surface area contributed by atoms with E-state index in [9.17, 15) is 8.42 Å². The van der Waals surface area contributed by atoms with Gasteiger partial charge in [-0.3, -0.25) is 0 Å². The Labute approximate surface area is 128 Å². The van der Waals surface area contributed by atoms with Crippen LogP contribution in [0.15, 0.2) is 29.2 Å². The van der Waals surface area contributed by atoms with Gasteiger partial charge in [0.15, 0.2) is 0 Å². The summed E-state index contributed by atoms with van der Waals surface area (Å²) in [5.74, 6) is 0.570. The molecule has 118 valence electrons. The third-order valence-electron chi connectivity index (χ3n) is 4.33. The van der Waals surface area contributed by atoms with Crippen molar-refractivity contribution in [2.24, 2.45) is 11.7 Å². The van der Waals surface area contributed by atoms with Crippen LogP contribution >= 0.6 is 0 Å². The molecule has 0 saturated carbocycles. The summed E-state index contributed by atoms with van der Waals surface area (Å²) in [6.45, 7) is 7.22. The van der Waals surface area contributed by atoms with Crippen LogP contribution in [0.4, 0.5) is 0 Å². The third kappa shape index (κ3) is 3.65. The Balaban J connectivity index is 2.27. The van der Waals surface area contributed by atoms with Gasteiger partial charge in [0.05, 0.1) is 4.90 Å². The molecule has 2 N–H and O–H groups in total. The molecular formula is C16H26N2O2S. The number of benzene rings is 1. The van der Waals surface area contributed by atoms with Crippen LogP contribution in [0, 0.1) is 5.92 Å². The number of nitrogens with two attached hydrogens (primary N) is 1. The van der Waals surface area contributed by atoms with E-state index in [1.165, 1.54) is 0 Å². The number of rotatable bonds is 4. The molecule has 1 heterocycles. The molecular weight excluding hydrogens is 284 g/mol. The van der Waals surface area contributed by atoms with E-state index in [1.807, 2.05) is 19.1 Å². The zero-order valence-corrected chi connectivity index (χ0v) is 13.9. The molecule has 1 saturated heterocycles. The summed E-state index contributed by atoms with van der Waals surface area (Å²) in [7, 11) is -3.41. The van der Waals surface area contributed by atoms with Gasteiger partial charge in [0.2, 0.25) is 10.0 Å². The van der Waals surface area contributed by atoms with E-state index >= 15 is 0 Å². The van der Waals surface area contributed by atoms with Crippen LogP contribution in [0.2, 0.25) is 0 Å². The lowest BCUT2D eigenvalue weighted by Gasteiger charge is -2.33. The minimum atomic E-state index is -3.41. The van der Waals surface area contributed by atoms with E-state index in [4.69, 9.17) is 5.73 Å². The fraction of sp³-hybridized carbons (Fsp3) is 0.625. The summed E-state index contributed by atoms with van der Waals surface area (Å²) in [6.07, 6.45) is 1.89. The van der Waals surface area contributed by atoms with Crippen molar-refractivity contribution < 1.29 is 8.42 Å². The molecule has 1 aromatic carbocycles. The van der Waals surface area contributed by atoms with Crippen LogP contribution in [0.1, 0.15) is 45.1 Å². The molecule has 0 aromatic heterocycles. The van der Waals surface area contributed by atoms with E-state index in [0.29, 0.717) is 23.9 Å². The highest BCUT2D eigenvalue weighted by atomic mass is 32.2. The standard InChI is InChI=1S/C16H26N2O2S/c1-12(2)14-6-4-8-16(10-14)21(19,20)18-9-5-7-15(11-18)13(3)17/h4,6,8,10,12-13,15H,5,7,9,11,17H2,1-3H3. The van der Waals surface area contributed by atoms with Gasteiger partial charge in [-0.25, -0.2) is 8.42 Å². The SMILES string of the molecule is CC(C)c1cccc(S(=O)(=O)N2CCCC(C(C)N)C2)c1. The Morgan fingerprint density at radius 3 is 2.62 bits per heavy atom. The second kappa shape index (κ2) is 6.46. The van der Waals surface area contributed by atoms with Crippen molar-refractivity contribution in [1.29, 1.82) is 0 Å². The maximum absolute atomic E-state index is 12.8. The predicted molar refractivity (Wildman–Crippen MR) is 85.7 cm³/mol. The Morgan fingerprint density at radius 1 is 1.29 bits per heavy atom. The van der Waals surface area contributed by atoms with Crippen LogP contribution in [0.3, 0.4) is 0 Å². The number of nitrogens with zero attached hydrogens (tertiary/aromatic N) is 1.